The molecule has 1 aromatic carbocycles. The van der Waals surface area contributed by atoms with Crippen molar-refractivity contribution in [3.63, 3.8) is 0 Å². The van der Waals surface area contributed by atoms with Gasteiger partial charge in [-0.2, -0.15) is 11.8 Å². The standard InChI is InChI=1S/C18H22N2O3S2/c21-25(22,14-8-16-5-2-1-3-6-16)19-15-17(18-7-4-11-23-18)20-9-12-24-13-10-20/h1-8,11,14,17,19H,9-10,12-13,15H2/b14-8+/t17-/m1/s1. The Labute approximate surface area is 153 Å². The molecule has 1 atom stereocenters. The van der Waals surface area contributed by atoms with E-state index in [1.54, 1.807) is 12.3 Å². The summed E-state index contributed by atoms with van der Waals surface area (Å²) in [5, 5.41) is 1.22. The number of sulfonamides is 1. The highest BCUT2D eigenvalue weighted by Crippen LogP contribution is 2.24. The molecule has 5 nitrogen and oxygen atoms in total. The summed E-state index contributed by atoms with van der Waals surface area (Å²) in [4.78, 5) is 2.28. The van der Waals surface area contributed by atoms with Gasteiger partial charge in [-0.3, -0.25) is 4.90 Å². The van der Waals surface area contributed by atoms with Crippen molar-refractivity contribution < 1.29 is 12.8 Å². The molecule has 1 aromatic heterocycles. The van der Waals surface area contributed by atoms with E-state index in [2.05, 4.69) is 9.62 Å². The summed E-state index contributed by atoms with van der Waals surface area (Å²) >= 11 is 1.92. The number of hydrogen-bond acceptors (Lipinski definition) is 5. The third-order valence-electron chi connectivity index (χ3n) is 4.08. The number of rotatable bonds is 7. The van der Waals surface area contributed by atoms with Gasteiger partial charge in [0.25, 0.3) is 0 Å². The molecule has 1 N–H and O–H groups in total. The van der Waals surface area contributed by atoms with Crippen LogP contribution in [0, 0.1) is 0 Å². The predicted octanol–water partition coefficient (Wildman–Crippen LogP) is 2.96. The summed E-state index contributed by atoms with van der Waals surface area (Å²) in [7, 11) is -3.51. The van der Waals surface area contributed by atoms with Gasteiger partial charge >= 0.3 is 0 Å². The minimum atomic E-state index is -3.51. The van der Waals surface area contributed by atoms with E-state index in [0.29, 0.717) is 6.54 Å². The van der Waals surface area contributed by atoms with Crippen LogP contribution in [0.4, 0.5) is 0 Å². The molecule has 2 aromatic rings. The molecule has 134 valence electrons. The predicted molar refractivity (Wildman–Crippen MR) is 103 cm³/mol. The molecule has 1 fully saturated rings. The molecule has 0 radical (unpaired) electrons. The molecule has 1 aliphatic heterocycles. The van der Waals surface area contributed by atoms with Crippen molar-refractivity contribution in [2.24, 2.45) is 0 Å². The van der Waals surface area contributed by atoms with Gasteiger partial charge in [-0.05, 0) is 23.8 Å². The molecule has 0 unspecified atom stereocenters. The van der Waals surface area contributed by atoms with Crippen molar-refractivity contribution in [3.8, 4) is 0 Å². The average molecular weight is 379 g/mol. The smallest absolute Gasteiger partial charge is 0.233 e. The first kappa shape index (κ1) is 18.3. The topological polar surface area (TPSA) is 62.6 Å². The van der Waals surface area contributed by atoms with Crippen LogP contribution >= 0.6 is 11.8 Å². The highest BCUT2D eigenvalue weighted by atomic mass is 32.2. The Kier molecular flexibility index (Phi) is 6.36. The maximum Gasteiger partial charge on any atom is 0.233 e. The Bertz CT molecular complexity index is 768. The Morgan fingerprint density at radius 2 is 1.92 bits per heavy atom. The first-order valence-electron chi connectivity index (χ1n) is 8.22. The molecule has 1 aliphatic rings. The van der Waals surface area contributed by atoms with Gasteiger partial charge in [0.1, 0.15) is 5.76 Å². The van der Waals surface area contributed by atoms with Crippen LogP contribution in [-0.2, 0) is 10.0 Å². The van der Waals surface area contributed by atoms with Gasteiger partial charge in [0.15, 0.2) is 0 Å². The van der Waals surface area contributed by atoms with Gasteiger partial charge in [-0.15, -0.1) is 0 Å². The van der Waals surface area contributed by atoms with Gasteiger partial charge in [-0.25, -0.2) is 13.1 Å². The summed E-state index contributed by atoms with van der Waals surface area (Å²) in [6.07, 6.45) is 3.23. The zero-order valence-corrected chi connectivity index (χ0v) is 15.5. The van der Waals surface area contributed by atoms with Crippen LogP contribution in [0.15, 0.2) is 58.6 Å². The monoisotopic (exact) mass is 378 g/mol. The third kappa shape index (κ3) is 5.47. The Hall–Kier alpha value is -1.54. The van der Waals surface area contributed by atoms with Crippen molar-refractivity contribution in [3.05, 3.63) is 65.5 Å². The zero-order chi connectivity index (χ0) is 17.5. The van der Waals surface area contributed by atoms with Crippen molar-refractivity contribution in [2.75, 3.05) is 31.1 Å². The van der Waals surface area contributed by atoms with E-state index in [1.807, 2.05) is 54.2 Å². The van der Waals surface area contributed by atoms with Crippen LogP contribution < -0.4 is 4.72 Å². The second kappa shape index (κ2) is 8.71. The van der Waals surface area contributed by atoms with Gasteiger partial charge in [0.05, 0.1) is 12.3 Å². The van der Waals surface area contributed by atoms with Crippen LogP contribution in [0.3, 0.4) is 0 Å². The second-order valence-corrected chi connectivity index (χ2v) is 8.66. The molecule has 2 heterocycles. The number of nitrogens with one attached hydrogen (secondary N) is 1. The van der Waals surface area contributed by atoms with Crippen molar-refractivity contribution >= 4 is 27.9 Å². The van der Waals surface area contributed by atoms with Gasteiger partial charge in [0, 0.05) is 36.5 Å². The van der Waals surface area contributed by atoms with E-state index in [0.717, 1.165) is 35.9 Å². The number of furan rings is 1. The SMILES string of the molecule is O=S(=O)(/C=C/c1ccccc1)NC[C@H](c1ccco1)N1CCSCC1. The Morgan fingerprint density at radius 1 is 1.16 bits per heavy atom. The van der Waals surface area contributed by atoms with Crippen LogP contribution in [0.2, 0.25) is 0 Å². The third-order valence-corrected chi connectivity index (χ3v) is 6.08. The van der Waals surface area contributed by atoms with E-state index < -0.39 is 10.0 Å². The van der Waals surface area contributed by atoms with Gasteiger partial charge in [0.2, 0.25) is 10.0 Å². The Morgan fingerprint density at radius 3 is 2.60 bits per heavy atom. The Balaban J connectivity index is 1.66. The van der Waals surface area contributed by atoms with Gasteiger partial charge in [-0.1, -0.05) is 30.3 Å². The fourth-order valence-corrected chi connectivity index (χ4v) is 4.51. The molecule has 25 heavy (non-hydrogen) atoms. The number of nitrogens with zero attached hydrogens (tertiary/aromatic N) is 1. The molecule has 0 spiro atoms. The number of thioether (sulfide) groups is 1. The van der Waals surface area contributed by atoms with E-state index in [1.165, 1.54) is 5.41 Å². The second-order valence-electron chi connectivity index (χ2n) is 5.79. The minimum absolute atomic E-state index is 0.0872. The largest absolute Gasteiger partial charge is 0.468 e. The zero-order valence-electron chi connectivity index (χ0n) is 13.9. The van der Waals surface area contributed by atoms with Crippen molar-refractivity contribution in [1.29, 1.82) is 0 Å². The quantitative estimate of drug-likeness (QED) is 0.803. The van der Waals surface area contributed by atoms with E-state index in [4.69, 9.17) is 4.42 Å². The van der Waals surface area contributed by atoms with Gasteiger partial charge < -0.3 is 4.42 Å². The average Bonchev–Trinajstić information content (AvgIpc) is 3.16. The fourth-order valence-electron chi connectivity index (χ4n) is 2.76. The van der Waals surface area contributed by atoms with Crippen LogP contribution in [0.1, 0.15) is 17.4 Å². The molecule has 0 saturated carbocycles. The lowest BCUT2D eigenvalue weighted by Gasteiger charge is -2.33. The van der Waals surface area contributed by atoms with Crippen LogP contribution in [0.25, 0.3) is 6.08 Å². The molecular weight excluding hydrogens is 356 g/mol. The van der Waals surface area contributed by atoms with Crippen LogP contribution in [-0.4, -0.2) is 44.5 Å². The molecule has 0 amide bonds. The summed E-state index contributed by atoms with van der Waals surface area (Å²) in [5.74, 6) is 2.90. The lowest BCUT2D eigenvalue weighted by Crippen LogP contribution is -2.41. The summed E-state index contributed by atoms with van der Waals surface area (Å²) in [5.41, 5.74) is 0.850. The lowest BCUT2D eigenvalue weighted by molar-refractivity contribution is 0.193. The lowest BCUT2D eigenvalue weighted by atomic mass is 10.2. The van der Waals surface area contributed by atoms with Crippen molar-refractivity contribution in [1.82, 2.24) is 9.62 Å². The molecule has 7 heteroatoms. The summed E-state index contributed by atoms with van der Waals surface area (Å²) in [6.45, 7) is 2.15. The number of hydrogen-bond donors (Lipinski definition) is 1. The first-order valence-corrected chi connectivity index (χ1v) is 10.9. The highest BCUT2D eigenvalue weighted by molar-refractivity contribution is 7.99. The van der Waals surface area contributed by atoms with E-state index in [-0.39, 0.29) is 6.04 Å². The molecule has 0 aliphatic carbocycles. The van der Waals surface area contributed by atoms with E-state index in [9.17, 15) is 8.42 Å². The maximum atomic E-state index is 12.3. The summed E-state index contributed by atoms with van der Waals surface area (Å²) in [6, 6.07) is 13.0. The molecular formula is C18H22N2O3S2. The summed E-state index contributed by atoms with van der Waals surface area (Å²) < 4.78 is 32.9. The highest BCUT2D eigenvalue weighted by Gasteiger charge is 2.25. The number of benzene rings is 1. The molecule has 1 saturated heterocycles. The van der Waals surface area contributed by atoms with Crippen LogP contribution in [0.5, 0.6) is 0 Å². The fraction of sp³-hybridized carbons (Fsp3) is 0.333. The van der Waals surface area contributed by atoms with E-state index >= 15 is 0 Å². The minimum Gasteiger partial charge on any atom is -0.468 e. The molecule has 3 rings (SSSR count). The normalized spacial score (nSPS) is 17.8. The first-order chi connectivity index (χ1) is 12.1. The maximum absolute atomic E-state index is 12.3. The molecule has 0 bridgehead atoms. The van der Waals surface area contributed by atoms with Crippen molar-refractivity contribution in [2.45, 2.75) is 6.04 Å².